The molecule has 0 bridgehead atoms. The van der Waals surface area contributed by atoms with Gasteiger partial charge >= 0.3 is 0 Å². The van der Waals surface area contributed by atoms with Gasteiger partial charge in [-0.15, -0.1) is 11.8 Å². The molecule has 19 heavy (non-hydrogen) atoms. The molecule has 1 unspecified atom stereocenters. The van der Waals surface area contributed by atoms with Crippen molar-refractivity contribution in [1.82, 2.24) is 4.72 Å². The Hall–Kier alpha value is -0.800. The van der Waals surface area contributed by atoms with Crippen LogP contribution in [0.3, 0.4) is 0 Å². The summed E-state index contributed by atoms with van der Waals surface area (Å²) in [6.07, 6.45) is -1.08. The summed E-state index contributed by atoms with van der Waals surface area (Å²) < 4.78 is 25.4. The Bertz CT molecular complexity index is 493. The number of aliphatic hydroxyl groups is 2. The first-order chi connectivity index (χ1) is 8.94. The van der Waals surface area contributed by atoms with E-state index in [1.165, 1.54) is 11.8 Å². The summed E-state index contributed by atoms with van der Waals surface area (Å²) in [5.41, 5.74) is 6.36. The zero-order valence-corrected chi connectivity index (χ0v) is 12.0. The molecule has 0 aliphatic carbocycles. The van der Waals surface area contributed by atoms with Crippen LogP contribution in [0.15, 0.2) is 29.2 Å². The van der Waals surface area contributed by atoms with E-state index in [-0.39, 0.29) is 12.3 Å². The van der Waals surface area contributed by atoms with E-state index in [0.29, 0.717) is 11.4 Å². The van der Waals surface area contributed by atoms with Gasteiger partial charge in [0.25, 0.3) is 0 Å². The lowest BCUT2D eigenvalue weighted by Gasteiger charge is -2.10. The van der Waals surface area contributed by atoms with Crippen molar-refractivity contribution in [3.8, 4) is 0 Å². The van der Waals surface area contributed by atoms with Gasteiger partial charge in [0.2, 0.25) is 10.0 Å². The quantitative estimate of drug-likeness (QED) is 0.385. The van der Waals surface area contributed by atoms with Crippen LogP contribution >= 0.6 is 11.8 Å². The lowest BCUT2D eigenvalue weighted by atomic mass is 10.3. The maximum absolute atomic E-state index is 11.6. The monoisotopic (exact) mass is 306 g/mol. The second-order valence-electron chi connectivity index (χ2n) is 3.89. The number of para-hydroxylation sites is 1. The lowest BCUT2D eigenvalue weighted by molar-refractivity contribution is 0.0988. The van der Waals surface area contributed by atoms with Crippen LogP contribution in [-0.2, 0) is 10.0 Å². The van der Waals surface area contributed by atoms with Gasteiger partial charge in [-0.2, -0.15) is 0 Å². The van der Waals surface area contributed by atoms with Crippen molar-refractivity contribution < 1.29 is 18.6 Å². The van der Waals surface area contributed by atoms with E-state index in [2.05, 4.69) is 4.72 Å². The highest BCUT2D eigenvalue weighted by molar-refractivity contribution is 8.00. The van der Waals surface area contributed by atoms with Crippen LogP contribution in [-0.4, -0.2) is 49.4 Å². The average Bonchev–Trinajstić information content (AvgIpc) is 2.38. The number of hydrogen-bond acceptors (Lipinski definition) is 6. The zero-order valence-electron chi connectivity index (χ0n) is 10.3. The Morgan fingerprint density at radius 3 is 2.68 bits per heavy atom. The maximum Gasteiger partial charge on any atom is 0.212 e. The van der Waals surface area contributed by atoms with Crippen LogP contribution in [0.1, 0.15) is 0 Å². The Labute approximate surface area is 117 Å². The summed E-state index contributed by atoms with van der Waals surface area (Å²) in [7, 11) is -3.45. The van der Waals surface area contributed by atoms with Gasteiger partial charge in [-0.25, -0.2) is 13.1 Å². The third-order valence-electron chi connectivity index (χ3n) is 2.28. The highest BCUT2D eigenvalue weighted by Crippen LogP contribution is 2.24. The molecule has 0 saturated carbocycles. The first kappa shape index (κ1) is 16.3. The molecule has 0 spiro atoms. The number of anilines is 1. The molecule has 0 fully saturated rings. The highest BCUT2D eigenvalue weighted by atomic mass is 32.2. The maximum atomic E-state index is 11.6. The van der Waals surface area contributed by atoms with Crippen LogP contribution in [0.5, 0.6) is 0 Å². The van der Waals surface area contributed by atoms with Crippen LogP contribution in [0, 0.1) is 0 Å². The summed E-state index contributed by atoms with van der Waals surface area (Å²) in [5, 5.41) is 17.6. The number of aliphatic hydroxyl groups excluding tert-OH is 2. The standard InChI is InChI=1S/C11H18N2O4S2/c12-10-3-1-2-4-11(10)18-5-6-19(16,17)13-7-9(15)8-14/h1-4,9,13-15H,5-8,12H2. The topological polar surface area (TPSA) is 113 Å². The van der Waals surface area contributed by atoms with Gasteiger partial charge in [-0.1, -0.05) is 12.1 Å². The third kappa shape index (κ3) is 6.26. The first-order valence-electron chi connectivity index (χ1n) is 5.68. The van der Waals surface area contributed by atoms with Crippen molar-refractivity contribution in [2.45, 2.75) is 11.0 Å². The molecule has 1 aromatic rings. The number of nitrogens with one attached hydrogen (secondary N) is 1. The van der Waals surface area contributed by atoms with E-state index < -0.39 is 22.7 Å². The molecule has 1 aromatic carbocycles. The first-order valence-corrected chi connectivity index (χ1v) is 8.32. The SMILES string of the molecule is Nc1ccccc1SCCS(=O)(=O)NCC(O)CO. The molecular weight excluding hydrogens is 288 g/mol. The number of hydrogen-bond donors (Lipinski definition) is 4. The van der Waals surface area contributed by atoms with E-state index in [0.717, 1.165) is 4.90 Å². The molecule has 6 nitrogen and oxygen atoms in total. The molecule has 0 amide bonds. The van der Waals surface area contributed by atoms with Crippen molar-refractivity contribution in [3.63, 3.8) is 0 Å². The fourth-order valence-electron chi connectivity index (χ4n) is 1.23. The molecule has 8 heteroatoms. The van der Waals surface area contributed by atoms with Crippen LogP contribution in [0.25, 0.3) is 0 Å². The number of nitrogens with two attached hydrogens (primary N) is 1. The van der Waals surface area contributed by atoms with E-state index in [1.807, 2.05) is 18.2 Å². The van der Waals surface area contributed by atoms with Gasteiger partial charge in [0.15, 0.2) is 0 Å². The molecule has 0 aromatic heterocycles. The van der Waals surface area contributed by atoms with E-state index >= 15 is 0 Å². The molecule has 1 rings (SSSR count). The van der Waals surface area contributed by atoms with E-state index in [4.69, 9.17) is 15.9 Å². The Morgan fingerprint density at radius 1 is 1.37 bits per heavy atom. The molecule has 0 saturated heterocycles. The largest absolute Gasteiger partial charge is 0.398 e. The number of benzene rings is 1. The molecule has 5 N–H and O–H groups in total. The molecule has 0 aliphatic rings. The predicted octanol–water partition coefficient (Wildman–Crippen LogP) is -0.366. The minimum absolute atomic E-state index is 0.0792. The molecule has 0 heterocycles. The molecule has 1 atom stereocenters. The van der Waals surface area contributed by atoms with Gasteiger partial charge in [0, 0.05) is 22.9 Å². The predicted molar refractivity (Wildman–Crippen MR) is 76.5 cm³/mol. The van der Waals surface area contributed by atoms with Gasteiger partial charge in [0.1, 0.15) is 0 Å². The fraction of sp³-hybridized carbons (Fsp3) is 0.455. The van der Waals surface area contributed by atoms with E-state index in [1.54, 1.807) is 6.07 Å². The Balaban J connectivity index is 2.38. The third-order valence-corrected chi connectivity index (χ3v) is 4.98. The van der Waals surface area contributed by atoms with Gasteiger partial charge in [0.05, 0.1) is 18.5 Å². The van der Waals surface area contributed by atoms with Crippen LogP contribution in [0.4, 0.5) is 5.69 Å². The summed E-state index contributed by atoms with van der Waals surface area (Å²) in [6, 6.07) is 7.24. The van der Waals surface area contributed by atoms with E-state index in [9.17, 15) is 8.42 Å². The van der Waals surface area contributed by atoms with Crippen molar-refractivity contribution >= 4 is 27.5 Å². The molecular formula is C11H18N2O4S2. The molecule has 0 radical (unpaired) electrons. The number of nitrogen functional groups attached to an aromatic ring is 1. The van der Waals surface area contributed by atoms with Crippen molar-refractivity contribution in [2.75, 3.05) is 30.4 Å². The summed E-state index contributed by atoms with van der Waals surface area (Å²) in [6.45, 7) is -0.658. The number of sulfonamides is 1. The second kappa shape index (κ2) is 7.71. The lowest BCUT2D eigenvalue weighted by Crippen LogP contribution is -2.35. The summed E-state index contributed by atoms with van der Waals surface area (Å²) >= 11 is 1.36. The number of thioether (sulfide) groups is 1. The van der Waals surface area contributed by atoms with Crippen LogP contribution < -0.4 is 10.5 Å². The Kier molecular flexibility index (Phi) is 6.59. The summed E-state index contributed by atoms with van der Waals surface area (Å²) in [4.78, 5) is 0.841. The normalized spacial score (nSPS) is 13.4. The minimum atomic E-state index is -3.45. The molecule has 0 aliphatic heterocycles. The van der Waals surface area contributed by atoms with Crippen molar-refractivity contribution in [2.24, 2.45) is 0 Å². The second-order valence-corrected chi connectivity index (χ2v) is 6.95. The molecule has 108 valence electrons. The van der Waals surface area contributed by atoms with Crippen LogP contribution in [0.2, 0.25) is 0 Å². The van der Waals surface area contributed by atoms with Gasteiger partial charge in [-0.05, 0) is 12.1 Å². The Morgan fingerprint density at radius 2 is 2.05 bits per heavy atom. The van der Waals surface area contributed by atoms with Crippen molar-refractivity contribution in [1.29, 1.82) is 0 Å². The van der Waals surface area contributed by atoms with Crippen molar-refractivity contribution in [3.05, 3.63) is 24.3 Å². The summed E-state index contributed by atoms with van der Waals surface area (Å²) in [5.74, 6) is 0.281. The van der Waals surface area contributed by atoms with Gasteiger partial charge < -0.3 is 15.9 Å². The zero-order chi connectivity index (χ0) is 14.3. The number of rotatable bonds is 8. The fourth-order valence-corrected chi connectivity index (χ4v) is 3.66. The smallest absolute Gasteiger partial charge is 0.212 e. The average molecular weight is 306 g/mol. The minimum Gasteiger partial charge on any atom is -0.398 e. The highest BCUT2D eigenvalue weighted by Gasteiger charge is 2.12. The van der Waals surface area contributed by atoms with Gasteiger partial charge in [-0.3, -0.25) is 0 Å².